The number of aryl methyl sites for hydroxylation is 1. The third-order valence-corrected chi connectivity index (χ3v) is 4.72. The Labute approximate surface area is 124 Å². The topological polar surface area (TPSA) is 42.9 Å². The summed E-state index contributed by atoms with van der Waals surface area (Å²) in [4.78, 5) is 19.6. The van der Waals surface area contributed by atoms with Gasteiger partial charge in [0.05, 0.1) is 11.4 Å². The normalized spacial score (nSPS) is 18.1. The second kappa shape index (κ2) is 5.19. The fraction of sp³-hybridized carbons (Fsp3) is 0.308. The molecule has 6 heteroatoms. The Bertz CT molecular complexity index is 642. The first-order valence-corrected chi connectivity index (χ1v) is 7.53. The molecule has 19 heavy (non-hydrogen) atoms. The highest BCUT2D eigenvalue weighted by Crippen LogP contribution is 2.40. The highest BCUT2D eigenvalue weighted by molar-refractivity contribution is 7.17. The third-order valence-electron chi connectivity index (χ3n) is 3.30. The van der Waals surface area contributed by atoms with Gasteiger partial charge in [-0.05, 0) is 30.9 Å². The molecule has 0 saturated carbocycles. The number of thiazole rings is 1. The molecule has 0 N–H and O–H groups in total. The second-order valence-corrected chi connectivity index (χ2v) is 6.47. The van der Waals surface area contributed by atoms with Crippen LogP contribution < -0.4 is 0 Å². The van der Waals surface area contributed by atoms with Crippen LogP contribution >= 0.6 is 34.5 Å². The van der Waals surface area contributed by atoms with Crippen LogP contribution in [0.4, 0.5) is 0 Å². The summed E-state index contributed by atoms with van der Waals surface area (Å²) in [7, 11) is 0. The maximum atomic E-state index is 10.8. The summed E-state index contributed by atoms with van der Waals surface area (Å²) in [5.41, 5.74) is 2.89. The van der Waals surface area contributed by atoms with Gasteiger partial charge in [-0.1, -0.05) is 40.6 Å². The average molecular weight is 313 g/mol. The minimum Gasteiger partial charge on any atom is -0.295 e. The molecule has 0 aliphatic heterocycles. The number of pyridine rings is 1. The van der Waals surface area contributed by atoms with Crippen LogP contribution in [0.25, 0.3) is 0 Å². The lowest BCUT2D eigenvalue weighted by Gasteiger charge is -2.23. The van der Waals surface area contributed by atoms with Crippen LogP contribution in [0.15, 0.2) is 12.1 Å². The number of hydrogen-bond donors (Lipinski definition) is 0. The van der Waals surface area contributed by atoms with E-state index in [0.29, 0.717) is 14.5 Å². The summed E-state index contributed by atoms with van der Waals surface area (Å²) in [6.07, 6.45) is 3.72. The first kappa shape index (κ1) is 13.0. The molecule has 0 aromatic carbocycles. The minimum absolute atomic E-state index is 0.0416. The van der Waals surface area contributed by atoms with E-state index in [4.69, 9.17) is 23.2 Å². The lowest BCUT2D eigenvalue weighted by Crippen LogP contribution is -2.14. The Hall–Kier alpha value is -0.970. The molecule has 3 rings (SSSR count). The Morgan fingerprint density at radius 3 is 2.84 bits per heavy atom. The van der Waals surface area contributed by atoms with Gasteiger partial charge in [0.2, 0.25) is 0 Å². The third kappa shape index (κ3) is 2.40. The lowest BCUT2D eigenvalue weighted by molar-refractivity contribution is 0.112. The van der Waals surface area contributed by atoms with Crippen LogP contribution in [0, 0.1) is 0 Å². The monoisotopic (exact) mass is 312 g/mol. The lowest BCUT2D eigenvalue weighted by atomic mass is 9.85. The number of nitrogens with zero attached hydrogens (tertiary/aromatic N) is 2. The van der Waals surface area contributed by atoms with Gasteiger partial charge in [0.1, 0.15) is 9.49 Å². The number of carbonyl (C=O) groups excluding carboxylic acids is 1. The average Bonchev–Trinajstić information content (AvgIpc) is 2.79. The number of hydrogen-bond acceptors (Lipinski definition) is 4. The number of carbonyl (C=O) groups is 1. The number of aromatic nitrogens is 2. The van der Waals surface area contributed by atoms with Crippen molar-refractivity contribution < 1.29 is 4.79 Å². The molecule has 1 aliphatic carbocycles. The molecule has 0 radical (unpaired) electrons. The molecule has 0 bridgehead atoms. The highest BCUT2D eigenvalue weighted by Gasteiger charge is 2.28. The standard InChI is InChI=1S/C13H10Cl2N2OS/c14-9-5-4-7-2-1-3-8(11(7)16-9)12-13(15)19-10(6-18)17-12/h4-6,8H,1-3H2. The fourth-order valence-corrected chi connectivity index (χ4v) is 3.72. The summed E-state index contributed by atoms with van der Waals surface area (Å²) < 4.78 is 0.571. The number of halogens is 2. The molecule has 0 amide bonds. The second-order valence-electron chi connectivity index (χ2n) is 4.45. The van der Waals surface area contributed by atoms with Crippen LogP contribution in [0.5, 0.6) is 0 Å². The molecule has 3 nitrogen and oxygen atoms in total. The van der Waals surface area contributed by atoms with E-state index in [9.17, 15) is 4.79 Å². The van der Waals surface area contributed by atoms with Crippen molar-refractivity contribution in [1.82, 2.24) is 9.97 Å². The maximum Gasteiger partial charge on any atom is 0.178 e. The molecule has 1 atom stereocenters. The zero-order valence-electron chi connectivity index (χ0n) is 9.90. The van der Waals surface area contributed by atoms with Crippen molar-refractivity contribution in [1.29, 1.82) is 0 Å². The van der Waals surface area contributed by atoms with E-state index in [-0.39, 0.29) is 5.92 Å². The molecule has 2 aromatic heterocycles. The molecule has 1 unspecified atom stereocenters. The molecule has 2 aromatic rings. The smallest absolute Gasteiger partial charge is 0.178 e. The first-order chi connectivity index (χ1) is 9.19. The van der Waals surface area contributed by atoms with Gasteiger partial charge in [-0.2, -0.15) is 0 Å². The van der Waals surface area contributed by atoms with Crippen LogP contribution in [0.1, 0.15) is 45.5 Å². The van der Waals surface area contributed by atoms with E-state index >= 15 is 0 Å². The van der Waals surface area contributed by atoms with Crippen molar-refractivity contribution in [3.63, 3.8) is 0 Å². The van der Waals surface area contributed by atoms with Crippen LogP contribution in [0.3, 0.4) is 0 Å². The molecule has 98 valence electrons. The molecule has 0 saturated heterocycles. The number of fused-ring (bicyclic) bond motifs is 1. The van der Waals surface area contributed by atoms with Crippen molar-refractivity contribution in [2.24, 2.45) is 0 Å². The van der Waals surface area contributed by atoms with Crippen molar-refractivity contribution in [3.05, 3.63) is 43.6 Å². The van der Waals surface area contributed by atoms with Crippen molar-refractivity contribution in [3.8, 4) is 0 Å². The molecule has 0 fully saturated rings. The molecular formula is C13H10Cl2N2OS. The van der Waals surface area contributed by atoms with Crippen LogP contribution in [-0.4, -0.2) is 16.3 Å². The molecule has 1 aliphatic rings. The maximum absolute atomic E-state index is 10.8. The fourth-order valence-electron chi connectivity index (χ4n) is 2.49. The first-order valence-electron chi connectivity index (χ1n) is 5.95. The van der Waals surface area contributed by atoms with E-state index in [1.807, 2.05) is 12.1 Å². The Balaban J connectivity index is 2.09. The SMILES string of the molecule is O=Cc1nc(C2CCCc3ccc(Cl)nc32)c(Cl)s1. The van der Waals surface area contributed by atoms with Gasteiger partial charge in [0.15, 0.2) is 11.3 Å². The van der Waals surface area contributed by atoms with Crippen LogP contribution in [0.2, 0.25) is 9.49 Å². The van der Waals surface area contributed by atoms with Gasteiger partial charge in [-0.15, -0.1) is 0 Å². The predicted octanol–water partition coefficient (Wildman–Crippen LogP) is 4.13. The minimum atomic E-state index is 0.0416. The molecule has 0 spiro atoms. The quantitative estimate of drug-likeness (QED) is 0.618. The number of rotatable bonds is 2. The van der Waals surface area contributed by atoms with Gasteiger partial charge >= 0.3 is 0 Å². The predicted molar refractivity (Wildman–Crippen MR) is 76.5 cm³/mol. The van der Waals surface area contributed by atoms with Gasteiger partial charge in [-0.3, -0.25) is 4.79 Å². The van der Waals surface area contributed by atoms with Gasteiger partial charge in [0.25, 0.3) is 0 Å². The van der Waals surface area contributed by atoms with Gasteiger partial charge in [-0.25, -0.2) is 9.97 Å². The summed E-state index contributed by atoms with van der Waals surface area (Å²) in [5, 5.41) is 0.891. The van der Waals surface area contributed by atoms with E-state index < -0.39 is 0 Å². The highest BCUT2D eigenvalue weighted by atomic mass is 35.5. The van der Waals surface area contributed by atoms with Gasteiger partial charge in [0, 0.05) is 5.92 Å². The van der Waals surface area contributed by atoms with Crippen molar-refractivity contribution in [2.75, 3.05) is 0 Å². The Kier molecular flexibility index (Phi) is 3.56. The van der Waals surface area contributed by atoms with E-state index in [0.717, 1.165) is 36.9 Å². The molecular weight excluding hydrogens is 303 g/mol. The van der Waals surface area contributed by atoms with E-state index in [1.54, 1.807) is 0 Å². The summed E-state index contributed by atoms with van der Waals surface area (Å²) >= 11 is 13.4. The van der Waals surface area contributed by atoms with E-state index in [1.165, 1.54) is 16.9 Å². The zero-order valence-corrected chi connectivity index (χ0v) is 12.2. The van der Waals surface area contributed by atoms with Crippen molar-refractivity contribution >= 4 is 40.8 Å². The zero-order chi connectivity index (χ0) is 13.4. The van der Waals surface area contributed by atoms with Crippen LogP contribution in [-0.2, 0) is 6.42 Å². The summed E-state index contributed by atoms with van der Waals surface area (Å²) in [5.74, 6) is 0.0416. The Morgan fingerprint density at radius 2 is 2.11 bits per heavy atom. The summed E-state index contributed by atoms with van der Waals surface area (Å²) in [6, 6.07) is 3.82. The summed E-state index contributed by atoms with van der Waals surface area (Å²) in [6.45, 7) is 0. The number of aldehydes is 1. The van der Waals surface area contributed by atoms with E-state index in [2.05, 4.69) is 9.97 Å². The van der Waals surface area contributed by atoms with Gasteiger partial charge < -0.3 is 0 Å². The largest absolute Gasteiger partial charge is 0.295 e. The molecule has 2 heterocycles. The van der Waals surface area contributed by atoms with Crippen molar-refractivity contribution in [2.45, 2.75) is 25.2 Å². The Morgan fingerprint density at radius 1 is 1.26 bits per heavy atom.